The minimum Gasteiger partial charge on any atom is -0.495 e. The standard InChI is InChI=1S/C13H13Br2NO3S2/c1-7-4-9(14)6-10(19-3)12(7)16-21(17,18)11-5-8(2)13(15)20-11/h4-6,16H,1-3H3. The third-order valence-electron chi connectivity index (χ3n) is 2.82. The summed E-state index contributed by atoms with van der Waals surface area (Å²) in [4.78, 5) is 0. The van der Waals surface area contributed by atoms with Gasteiger partial charge in [0.1, 0.15) is 9.96 Å². The number of nitrogens with one attached hydrogen (secondary N) is 1. The van der Waals surface area contributed by atoms with E-state index in [1.54, 1.807) is 12.1 Å². The highest BCUT2D eigenvalue weighted by atomic mass is 79.9. The number of anilines is 1. The Kier molecular flexibility index (Phi) is 5.02. The molecule has 8 heteroatoms. The lowest BCUT2D eigenvalue weighted by Gasteiger charge is -2.14. The lowest BCUT2D eigenvalue weighted by molar-refractivity contribution is 0.416. The molecule has 0 aliphatic heterocycles. The third kappa shape index (κ3) is 3.61. The summed E-state index contributed by atoms with van der Waals surface area (Å²) < 4.78 is 34.7. The summed E-state index contributed by atoms with van der Waals surface area (Å²) in [5.74, 6) is 0.470. The molecular weight excluding hydrogens is 442 g/mol. The van der Waals surface area contributed by atoms with E-state index in [1.165, 1.54) is 18.4 Å². The minimum absolute atomic E-state index is 0.260. The third-order valence-corrected chi connectivity index (χ3v) is 7.24. The van der Waals surface area contributed by atoms with Gasteiger partial charge in [0.2, 0.25) is 0 Å². The van der Waals surface area contributed by atoms with Gasteiger partial charge < -0.3 is 4.74 Å². The Labute approximate surface area is 144 Å². The van der Waals surface area contributed by atoms with Crippen molar-refractivity contribution in [3.63, 3.8) is 0 Å². The molecule has 1 aromatic heterocycles. The van der Waals surface area contributed by atoms with Gasteiger partial charge in [0, 0.05) is 4.47 Å². The van der Waals surface area contributed by atoms with Crippen molar-refractivity contribution in [1.29, 1.82) is 0 Å². The van der Waals surface area contributed by atoms with Crippen molar-refractivity contribution >= 4 is 58.9 Å². The number of hydrogen-bond acceptors (Lipinski definition) is 4. The van der Waals surface area contributed by atoms with Gasteiger partial charge >= 0.3 is 0 Å². The molecule has 0 amide bonds. The highest BCUT2D eigenvalue weighted by molar-refractivity contribution is 9.11. The van der Waals surface area contributed by atoms with E-state index in [2.05, 4.69) is 36.6 Å². The SMILES string of the molecule is COc1cc(Br)cc(C)c1NS(=O)(=O)c1cc(C)c(Br)s1. The fraction of sp³-hybridized carbons (Fsp3) is 0.231. The maximum Gasteiger partial charge on any atom is 0.271 e. The van der Waals surface area contributed by atoms with Gasteiger partial charge in [0.15, 0.2) is 0 Å². The van der Waals surface area contributed by atoms with Crippen LogP contribution in [0.4, 0.5) is 5.69 Å². The fourth-order valence-electron chi connectivity index (χ4n) is 1.75. The molecular formula is C13H13Br2NO3S2. The maximum atomic E-state index is 12.5. The van der Waals surface area contributed by atoms with Crippen molar-refractivity contribution < 1.29 is 13.2 Å². The van der Waals surface area contributed by atoms with Gasteiger partial charge in [-0.15, -0.1) is 11.3 Å². The van der Waals surface area contributed by atoms with Crippen molar-refractivity contribution in [1.82, 2.24) is 0 Å². The number of aryl methyl sites for hydroxylation is 2. The largest absolute Gasteiger partial charge is 0.495 e. The van der Waals surface area contributed by atoms with Gasteiger partial charge in [0.25, 0.3) is 10.0 Å². The van der Waals surface area contributed by atoms with E-state index in [-0.39, 0.29) is 4.21 Å². The summed E-state index contributed by atoms with van der Waals surface area (Å²) in [6, 6.07) is 5.19. The van der Waals surface area contributed by atoms with Gasteiger partial charge in [-0.25, -0.2) is 8.42 Å². The van der Waals surface area contributed by atoms with Crippen LogP contribution in [0.2, 0.25) is 0 Å². The molecule has 0 radical (unpaired) electrons. The molecule has 0 bridgehead atoms. The number of halogens is 2. The molecule has 0 atom stereocenters. The van der Waals surface area contributed by atoms with Crippen molar-refractivity contribution in [2.45, 2.75) is 18.1 Å². The Bertz CT molecular complexity index is 765. The van der Waals surface area contributed by atoms with Crippen LogP contribution in [0.25, 0.3) is 0 Å². The van der Waals surface area contributed by atoms with Crippen LogP contribution in [-0.2, 0) is 10.0 Å². The van der Waals surface area contributed by atoms with Crippen molar-refractivity contribution in [2.24, 2.45) is 0 Å². The molecule has 2 rings (SSSR count). The van der Waals surface area contributed by atoms with Crippen LogP contribution in [0.5, 0.6) is 5.75 Å². The highest BCUT2D eigenvalue weighted by Crippen LogP contribution is 2.36. The molecule has 0 unspecified atom stereocenters. The molecule has 114 valence electrons. The summed E-state index contributed by atoms with van der Waals surface area (Å²) in [5, 5.41) is 0. The van der Waals surface area contributed by atoms with Crippen LogP contribution in [0, 0.1) is 13.8 Å². The first-order chi connectivity index (χ1) is 9.74. The molecule has 1 N–H and O–H groups in total. The van der Waals surface area contributed by atoms with Gasteiger partial charge in [-0.05, 0) is 59.1 Å². The molecule has 2 aromatic rings. The molecule has 1 heterocycles. The average Bonchev–Trinajstić information content (AvgIpc) is 2.73. The number of methoxy groups -OCH3 is 1. The van der Waals surface area contributed by atoms with E-state index >= 15 is 0 Å². The molecule has 0 saturated heterocycles. The normalized spacial score (nSPS) is 11.5. The molecule has 0 aliphatic rings. The summed E-state index contributed by atoms with van der Waals surface area (Å²) >= 11 is 7.88. The van der Waals surface area contributed by atoms with Crippen LogP contribution in [0.15, 0.2) is 30.7 Å². The number of benzene rings is 1. The number of thiophene rings is 1. The smallest absolute Gasteiger partial charge is 0.271 e. The topological polar surface area (TPSA) is 55.4 Å². The van der Waals surface area contributed by atoms with E-state index in [0.717, 1.165) is 19.4 Å². The number of rotatable bonds is 4. The van der Waals surface area contributed by atoms with Crippen LogP contribution in [-0.4, -0.2) is 15.5 Å². The second kappa shape index (κ2) is 6.28. The number of sulfonamides is 1. The minimum atomic E-state index is -3.64. The summed E-state index contributed by atoms with van der Waals surface area (Å²) in [6.07, 6.45) is 0. The van der Waals surface area contributed by atoms with E-state index in [4.69, 9.17) is 4.74 Å². The Balaban J connectivity index is 2.46. The van der Waals surface area contributed by atoms with Gasteiger partial charge in [-0.3, -0.25) is 4.72 Å². The second-order valence-electron chi connectivity index (χ2n) is 4.43. The quantitative estimate of drug-likeness (QED) is 0.728. The Hall–Kier alpha value is -0.570. The van der Waals surface area contributed by atoms with E-state index in [0.29, 0.717) is 11.4 Å². The zero-order valence-electron chi connectivity index (χ0n) is 11.5. The Morgan fingerprint density at radius 2 is 1.81 bits per heavy atom. The first-order valence-electron chi connectivity index (χ1n) is 5.87. The summed E-state index contributed by atoms with van der Waals surface area (Å²) in [7, 11) is -2.13. The molecule has 0 aliphatic carbocycles. The summed E-state index contributed by atoms with van der Waals surface area (Å²) in [6.45, 7) is 3.67. The van der Waals surface area contributed by atoms with Crippen LogP contribution in [0.1, 0.15) is 11.1 Å². The van der Waals surface area contributed by atoms with Gasteiger partial charge in [-0.2, -0.15) is 0 Å². The maximum absolute atomic E-state index is 12.5. The second-order valence-corrected chi connectivity index (χ2v) is 9.62. The van der Waals surface area contributed by atoms with Crippen molar-refractivity contribution in [3.05, 3.63) is 37.6 Å². The van der Waals surface area contributed by atoms with E-state index in [1.807, 2.05) is 19.9 Å². The molecule has 1 aromatic carbocycles. The summed E-state index contributed by atoms with van der Waals surface area (Å²) in [5.41, 5.74) is 2.11. The predicted octanol–water partition coefficient (Wildman–Crippen LogP) is 4.70. The monoisotopic (exact) mass is 453 g/mol. The van der Waals surface area contributed by atoms with Gasteiger partial charge in [-0.1, -0.05) is 15.9 Å². The number of hydrogen-bond donors (Lipinski definition) is 1. The molecule has 0 spiro atoms. The van der Waals surface area contributed by atoms with Gasteiger partial charge in [0.05, 0.1) is 16.6 Å². The van der Waals surface area contributed by atoms with Crippen LogP contribution < -0.4 is 9.46 Å². The van der Waals surface area contributed by atoms with Crippen molar-refractivity contribution in [3.8, 4) is 5.75 Å². The zero-order chi connectivity index (χ0) is 15.8. The Morgan fingerprint density at radius 1 is 1.14 bits per heavy atom. The van der Waals surface area contributed by atoms with Crippen LogP contribution >= 0.6 is 43.2 Å². The number of ether oxygens (including phenoxy) is 1. The molecule has 0 fully saturated rings. The van der Waals surface area contributed by atoms with E-state index in [9.17, 15) is 8.42 Å². The predicted molar refractivity (Wildman–Crippen MR) is 93.0 cm³/mol. The Morgan fingerprint density at radius 3 is 2.33 bits per heavy atom. The fourth-order valence-corrected chi connectivity index (χ4v) is 5.67. The average molecular weight is 455 g/mol. The highest BCUT2D eigenvalue weighted by Gasteiger charge is 2.21. The first kappa shape index (κ1) is 16.8. The van der Waals surface area contributed by atoms with E-state index < -0.39 is 10.0 Å². The molecule has 4 nitrogen and oxygen atoms in total. The first-order valence-corrected chi connectivity index (χ1v) is 9.76. The van der Waals surface area contributed by atoms with Crippen molar-refractivity contribution in [2.75, 3.05) is 11.8 Å². The zero-order valence-corrected chi connectivity index (χ0v) is 16.3. The molecule has 21 heavy (non-hydrogen) atoms. The lowest BCUT2D eigenvalue weighted by Crippen LogP contribution is -2.13. The lowest BCUT2D eigenvalue weighted by atomic mass is 10.2. The molecule has 0 saturated carbocycles. The van der Waals surface area contributed by atoms with Crippen LogP contribution in [0.3, 0.4) is 0 Å².